The SMILES string of the molecule is CNC1CCN(C(=O)c2csc(-c3ccccc3F)n2)CC1.Cl.Cl. The number of rotatable bonds is 3. The average Bonchev–Trinajstić information content (AvgIpc) is 3.04. The van der Waals surface area contributed by atoms with E-state index in [4.69, 9.17) is 0 Å². The van der Waals surface area contributed by atoms with Crippen LogP contribution >= 0.6 is 36.2 Å². The molecule has 0 unspecified atom stereocenters. The molecule has 24 heavy (non-hydrogen) atoms. The second-order valence-electron chi connectivity index (χ2n) is 5.37. The third kappa shape index (κ3) is 4.45. The fourth-order valence-electron chi connectivity index (χ4n) is 2.66. The molecule has 1 amide bonds. The van der Waals surface area contributed by atoms with Crippen molar-refractivity contribution in [1.82, 2.24) is 15.2 Å². The molecule has 3 rings (SSSR count). The van der Waals surface area contributed by atoms with Crippen LogP contribution in [0.15, 0.2) is 29.6 Å². The van der Waals surface area contributed by atoms with Crippen molar-refractivity contribution in [3.63, 3.8) is 0 Å². The van der Waals surface area contributed by atoms with Gasteiger partial charge in [0.1, 0.15) is 16.5 Å². The third-order valence-corrected chi connectivity index (χ3v) is 4.89. The van der Waals surface area contributed by atoms with Gasteiger partial charge in [0.2, 0.25) is 0 Å². The summed E-state index contributed by atoms with van der Waals surface area (Å²) in [6, 6.07) is 6.98. The fraction of sp³-hybridized carbons (Fsp3) is 0.375. The molecular formula is C16H20Cl2FN3OS. The smallest absolute Gasteiger partial charge is 0.273 e. The molecule has 1 aliphatic heterocycles. The van der Waals surface area contributed by atoms with Gasteiger partial charge in [-0.3, -0.25) is 4.79 Å². The zero-order valence-electron chi connectivity index (χ0n) is 13.2. The topological polar surface area (TPSA) is 45.2 Å². The van der Waals surface area contributed by atoms with Gasteiger partial charge in [-0.1, -0.05) is 12.1 Å². The Labute approximate surface area is 157 Å². The number of amides is 1. The van der Waals surface area contributed by atoms with Crippen LogP contribution in [-0.4, -0.2) is 42.0 Å². The minimum atomic E-state index is -0.314. The van der Waals surface area contributed by atoms with Crippen molar-refractivity contribution < 1.29 is 9.18 Å². The summed E-state index contributed by atoms with van der Waals surface area (Å²) in [7, 11) is 1.95. The number of carbonyl (C=O) groups excluding carboxylic acids is 1. The Morgan fingerprint density at radius 2 is 1.96 bits per heavy atom. The Morgan fingerprint density at radius 3 is 2.58 bits per heavy atom. The van der Waals surface area contributed by atoms with E-state index in [0.29, 0.717) is 22.3 Å². The number of hydrogen-bond acceptors (Lipinski definition) is 4. The van der Waals surface area contributed by atoms with Gasteiger partial charge in [-0.2, -0.15) is 0 Å². The molecule has 1 aromatic heterocycles. The highest BCUT2D eigenvalue weighted by Gasteiger charge is 2.24. The number of halogens is 3. The zero-order valence-corrected chi connectivity index (χ0v) is 15.6. The maximum atomic E-state index is 13.8. The Kier molecular flexibility index (Phi) is 8.09. The van der Waals surface area contributed by atoms with Gasteiger partial charge in [0.15, 0.2) is 0 Å². The number of benzene rings is 1. The van der Waals surface area contributed by atoms with Crippen LogP contribution < -0.4 is 5.32 Å². The minimum absolute atomic E-state index is 0. The van der Waals surface area contributed by atoms with E-state index in [-0.39, 0.29) is 36.5 Å². The van der Waals surface area contributed by atoms with Crippen molar-refractivity contribution in [2.75, 3.05) is 20.1 Å². The highest BCUT2D eigenvalue weighted by Crippen LogP contribution is 2.27. The first-order valence-corrected chi connectivity index (χ1v) is 8.24. The molecule has 2 aromatic rings. The number of hydrogen-bond donors (Lipinski definition) is 1. The summed E-state index contributed by atoms with van der Waals surface area (Å²) in [5.74, 6) is -0.376. The minimum Gasteiger partial charge on any atom is -0.337 e. The number of carbonyl (C=O) groups is 1. The van der Waals surface area contributed by atoms with Crippen LogP contribution in [0.25, 0.3) is 10.6 Å². The van der Waals surface area contributed by atoms with Crippen molar-refractivity contribution in [2.24, 2.45) is 0 Å². The summed E-state index contributed by atoms with van der Waals surface area (Å²) in [5, 5.41) is 5.51. The molecule has 4 nitrogen and oxygen atoms in total. The van der Waals surface area contributed by atoms with Gasteiger partial charge in [0, 0.05) is 30.1 Å². The molecule has 1 aromatic carbocycles. The highest BCUT2D eigenvalue weighted by molar-refractivity contribution is 7.13. The fourth-order valence-corrected chi connectivity index (χ4v) is 3.48. The van der Waals surface area contributed by atoms with Crippen molar-refractivity contribution >= 4 is 42.1 Å². The first kappa shape index (κ1) is 20.8. The molecule has 1 saturated heterocycles. The van der Waals surface area contributed by atoms with Crippen molar-refractivity contribution in [2.45, 2.75) is 18.9 Å². The van der Waals surface area contributed by atoms with Gasteiger partial charge >= 0.3 is 0 Å². The summed E-state index contributed by atoms with van der Waals surface area (Å²) in [4.78, 5) is 18.6. The second kappa shape index (κ2) is 9.32. The highest BCUT2D eigenvalue weighted by atomic mass is 35.5. The van der Waals surface area contributed by atoms with Crippen molar-refractivity contribution in [3.05, 3.63) is 41.2 Å². The van der Waals surface area contributed by atoms with E-state index >= 15 is 0 Å². The summed E-state index contributed by atoms with van der Waals surface area (Å²) < 4.78 is 13.8. The number of thiazole rings is 1. The molecule has 0 bridgehead atoms. The molecule has 132 valence electrons. The number of piperidine rings is 1. The maximum Gasteiger partial charge on any atom is 0.273 e. The average molecular weight is 392 g/mol. The Morgan fingerprint density at radius 1 is 1.29 bits per heavy atom. The molecule has 0 radical (unpaired) electrons. The van der Waals surface area contributed by atoms with Gasteiger partial charge in [0.25, 0.3) is 5.91 Å². The predicted octanol–water partition coefficient (Wildman–Crippen LogP) is 3.62. The van der Waals surface area contributed by atoms with E-state index in [1.54, 1.807) is 23.6 Å². The molecule has 0 saturated carbocycles. The molecule has 8 heteroatoms. The zero-order chi connectivity index (χ0) is 15.5. The first-order valence-electron chi connectivity index (χ1n) is 7.36. The largest absolute Gasteiger partial charge is 0.337 e. The van der Waals surface area contributed by atoms with Crippen LogP contribution in [0.5, 0.6) is 0 Å². The van der Waals surface area contributed by atoms with E-state index in [9.17, 15) is 9.18 Å². The lowest BCUT2D eigenvalue weighted by Gasteiger charge is -2.31. The second-order valence-corrected chi connectivity index (χ2v) is 6.23. The molecule has 0 aliphatic carbocycles. The third-order valence-electron chi connectivity index (χ3n) is 4.02. The lowest BCUT2D eigenvalue weighted by atomic mass is 10.1. The molecule has 1 N–H and O–H groups in total. The normalized spacial score (nSPS) is 14.7. The molecular weight excluding hydrogens is 372 g/mol. The van der Waals surface area contributed by atoms with E-state index in [2.05, 4.69) is 10.3 Å². The van der Waals surface area contributed by atoms with Gasteiger partial charge in [0.05, 0.1) is 0 Å². The lowest BCUT2D eigenvalue weighted by molar-refractivity contribution is 0.0702. The van der Waals surface area contributed by atoms with Crippen molar-refractivity contribution in [1.29, 1.82) is 0 Å². The van der Waals surface area contributed by atoms with E-state index in [1.165, 1.54) is 17.4 Å². The molecule has 1 aliphatic rings. The lowest BCUT2D eigenvalue weighted by Crippen LogP contribution is -2.44. The summed E-state index contributed by atoms with van der Waals surface area (Å²) >= 11 is 1.30. The molecule has 2 heterocycles. The van der Waals surface area contributed by atoms with Gasteiger partial charge < -0.3 is 10.2 Å². The van der Waals surface area contributed by atoms with Crippen LogP contribution in [0.1, 0.15) is 23.3 Å². The van der Waals surface area contributed by atoms with E-state index < -0.39 is 0 Å². The van der Waals surface area contributed by atoms with E-state index in [1.807, 2.05) is 11.9 Å². The van der Waals surface area contributed by atoms with Gasteiger partial charge in [-0.25, -0.2) is 9.37 Å². The monoisotopic (exact) mass is 391 g/mol. The van der Waals surface area contributed by atoms with Crippen LogP contribution in [0.4, 0.5) is 4.39 Å². The van der Waals surface area contributed by atoms with E-state index in [0.717, 1.165) is 25.9 Å². The van der Waals surface area contributed by atoms with Crippen LogP contribution in [-0.2, 0) is 0 Å². The van der Waals surface area contributed by atoms with Crippen molar-refractivity contribution in [3.8, 4) is 10.6 Å². The molecule has 0 atom stereocenters. The van der Waals surface area contributed by atoms with Gasteiger partial charge in [-0.15, -0.1) is 36.2 Å². The number of aromatic nitrogens is 1. The summed E-state index contributed by atoms with van der Waals surface area (Å²) in [6.07, 6.45) is 1.90. The molecule has 1 fully saturated rings. The number of nitrogens with zero attached hydrogens (tertiary/aromatic N) is 2. The summed E-state index contributed by atoms with van der Waals surface area (Å²) in [6.45, 7) is 1.47. The standard InChI is InChI=1S/C16H18FN3OS.2ClH/c1-18-11-6-8-20(9-7-11)16(21)14-10-22-15(19-14)12-4-2-3-5-13(12)17;;/h2-5,10-11,18H,6-9H2,1H3;2*1H. The predicted molar refractivity (Wildman–Crippen MR) is 100.0 cm³/mol. The summed E-state index contributed by atoms with van der Waals surface area (Å²) in [5.41, 5.74) is 0.853. The number of nitrogens with one attached hydrogen (secondary N) is 1. The number of likely N-dealkylation sites (tertiary alicyclic amines) is 1. The van der Waals surface area contributed by atoms with Gasteiger partial charge in [-0.05, 0) is 32.0 Å². The Bertz CT molecular complexity index is 675. The quantitative estimate of drug-likeness (QED) is 0.868. The Balaban J connectivity index is 0.00000144. The maximum absolute atomic E-state index is 13.8. The van der Waals surface area contributed by atoms with Crippen LogP contribution in [0.2, 0.25) is 0 Å². The van der Waals surface area contributed by atoms with Crippen LogP contribution in [0.3, 0.4) is 0 Å². The first-order chi connectivity index (χ1) is 10.7. The van der Waals surface area contributed by atoms with Crippen LogP contribution in [0, 0.1) is 5.82 Å². The molecule has 0 spiro atoms. The Hall–Kier alpha value is -1.21.